The van der Waals surface area contributed by atoms with Gasteiger partial charge in [0.25, 0.3) is 0 Å². The Morgan fingerprint density at radius 2 is 1.85 bits per heavy atom. The molecule has 0 aromatic heterocycles. The minimum atomic E-state index is -0.647. The molecule has 3 aromatic carbocycles. The number of benzene rings is 3. The third kappa shape index (κ3) is 5.53. The first-order valence-electron chi connectivity index (χ1n) is 10.0. The lowest BCUT2D eigenvalue weighted by Gasteiger charge is -2.14. The summed E-state index contributed by atoms with van der Waals surface area (Å²) >= 11 is 12.4. The van der Waals surface area contributed by atoms with E-state index in [9.17, 15) is 9.18 Å². The van der Waals surface area contributed by atoms with Gasteiger partial charge in [0.15, 0.2) is 17.2 Å². The molecule has 168 valence electrons. The monoisotopic (exact) mass is 485 g/mol. The first-order chi connectivity index (χ1) is 15.9. The van der Waals surface area contributed by atoms with Crippen molar-refractivity contribution >= 4 is 41.1 Å². The van der Waals surface area contributed by atoms with Gasteiger partial charge in [0.2, 0.25) is 5.90 Å². The van der Waals surface area contributed by atoms with Crippen LogP contribution in [0, 0.1) is 5.82 Å². The Labute approximate surface area is 200 Å². The van der Waals surface area contributed by atoms with Crippen LogP contribution < -0.4 is 9.47 Å². The number of hydrogen-bond acceptors (Lipinski definition) is 5. The molecule has 0 saturated carbocycles. The Morgan fingerprint density at radius 3 is 2.58 bits per heavy atom. The summed E-state index contributed by atoms with van der Waals surface area (Å²) in [5.74, 6) is -0.262. The van der Waals surface area contributed by atoms with E-state index >= 15 is 0 Å². The first-order valence-corrected chi connectivity index (χ1v) is 10.8. The van der Waals surface area contributed by atoms with Crippen LogP contribution in [0.3, 0.4) is 0 Å². The predicted molar refractivity (Wildman–Crippen MR) is 125 cm³/mol. The van der Waals surface area contributed by atoms with Crippen LogP contribution in [0.5, 0.6) is 11.5 Å². The van der Waals surface area contributed by atoms with Crippen molar-refractivity contribution in [2.75, 3.05) is 6.61 Å². The van der Waals surface area contributed by atoms with Crippen LogP contribution in [0.4, 0.5) is 4.39 Å². The standard InChI is InChI=1S/C25H18Cl2FNO4/c1-2-31-22-12-16(10-20(27)23(22)32-14-15-6-8-18(26)9-7-15)11-21-25(30)33-24(29-21)17-4-3-5-19(28)13-17/h3-13H,2,14H2,1H3/b21-11-. The lowest BCUT2D eigenvalue weighted by molar-refractivity contribution is -0.129. The summed E-state index contributed by atoms with van der Waals surface area (Å²) < 4.78 is 30.3. The number of cyclic esters (lactones) is 1. The summed E-state index contributed by atoms with van der Waals surface area (Å²) in [5.41, 5.74) is 1.91. The number of halogens is 3. The van der Waals surface area contributed by atoms with E-state index in [4.69, 9.17) is 37.4 Å². The molecule has 5 nitrogen and oxygen atoms in total. The van der Waals surface area contributed by atoms with Crippen LogP contribution in [0.1, 0.15) is 23.6 Å². The molecule has 0 fully saturated rings. The Balaban J connectivity index is 1.61. The average molecular weight is 486 g/mol. The van der Waals surface area contributed by atoms with Crippen molar-refractivity contribution in [3.8, 4) is 11.5 Å². The molecular weight excluding hydrogens is 468 g/mol. The van der Waals surface area contributed by atoms with E-state index < -0.39 is 11.8 Å². The summed E-state index contributed by atoms with van der Waals surface area (Å²) in [6.07, 6.45) is 1.52. The number of aliphatic imine (C=N–C) groups is 1. The molecule has 3 aromatic rings. The largest absolute Gasteiger partial charge is 0.490 e. The zero-order chi connectivity index (χ0) is 23.4. The van der Waals surface area contributed by atoms with Gasteiger partial charge in [-0.3, -0.25) is 0 Å². The molecule has 0 N–H and O–H groups in total. The molecule has 1 aliphatic rings. The van der Waals surface area contributed by atoms with Crippen LogP contribution in [0.2, 0.25) is 10.0 Å². The fourth-order valence-corrected chi connectivity index (χ4v) is 3.52. The molecule has 0 unspecified atom stereocenters. The van der Waals surface area contributed by atoms with Crippen molar-refractivity contribution in [3.05, 3.63) is 98.9 Å². The molecule has 0 radical (unpaired) electrons. The van der Waals surface area contributed by atoms with Gasteiger partial charge < -0.3 is 14.2 Å². The number of rotatable bonds is 7. The van der Waals surface area contributed by atoms with E-state index in [0.717, 1.165) is 5.56 Å². The zero-order valence-electron chi connectivity index (χ0n) is 17.5. The molecule has 33 heavy (non-hydrogen) atoms. The van der Waals surface area contributed by atoms with Gasteiger partial charge in [-0.1, -0.05) is 41.4 Å². The Morgan fingerprint density at radius 1 is 1.06 bits per heavy atom. The van der Waals surface area contributed by atoms with Crippen molar-refractivity contribution in [1.82, 2.24) is 0 Å². The van der Waals surface area contributed by atoms with E-state index in [0.29, 0.717) is 39.3 Å². The zero-order valence-corrected chi connectivity index (χ0v) is 19.0. The number of carbonyl (C=O) groups is 1. The lowest BCUT2D eigenvalue weighted by Crippen LogP contribution is -2.05. The molecule has 1 heterocycles. The van der Waals surface area contributed by atoms with E-state index in [2.05, 4.69) is 4.99 Å². The minimum Gasteiger partial charge on any atom is -0.490 e. The number of esters is 1. The second kappa shape index (κ2) is 10.1. The second-order valence-electron chi connectivity index (χ2n) is 7.02. The van der Waals surface area contributed by atoms with E-state index in [-0.39, 0.29) is 18.2 Å². The minimum absolute atomic E-state index is 0.0322. The average Bonchev–Trinajstić information content (AvgIpc) is 3.15. The van der Waals surface area contributed by atoms with Crippen LogP contribution in [-0.2, 0) is 16.1 Å². The van der Waals surface area contributed by atoms with Gasteiger partial charge in [-0.25, -0.2) is 14.2 Å². The SMILES string of the molecule is CCOc1cc(/C=C2\N=C(c3cccc(F)c3)OC2=O)cc(Cl)c1OCc1ccc(Cl)cc1. The fourth-order valence-electron chi connectivity index (χ4n) is 3.12. The van der Waals surface area contributed by atoms with Gasteiger partial charge in [-0.2, -0.15) is 0 Å². The Hall–Kier alpha value is -3.35. The van der Waals surface area contributed by atoms with Gasteiger partial charge in [0.05, 0.1) is 11.6 Å². The van der Waals surface area contributed by atoms with Gasteiger partial charge in [0, 0.05) is 10.6 Å². The van der Waals surface area contributed by atoms with Crippen molar-refractivity contribution in [2.45, 2.75) is 13.5 Å². The van der Waals surface area contributed by atoms with Crippen molar-refractivity contribution in [2.24, 2.45) is 4.99 Å². The van der Waals surface area contributed by atoms with E-state index in [1.54, 1.807) is 30.3 Å². The number of hydrogen-bond donors (Lipinski definition) is 0. The van der Waals surface area contributed by atoms with Gasteiger partial charge >= 0.3 is 5.97 Å². The highest BCUT2D eigenvalue weighted by atomic mass is 35.5. The summed E-state index contributed by atoms with van der Waals surface area (Å²) in [4.78, 5) is 16.5. The topological polar surface area (TPSA) is 57.1 Å². The first kappa shape index (κ1) is 22.8. The third-order valence-electron chi connectivity index (χ3n) is 4.62. The van der Waals surface area contributed by atoms with Crippen molar-refractivity contribution in [3.63, 3.8) is 0 Å². The summed E-state index contributed by atoms with van der Waals surface area (Å²) in [6, 6.07) is 16.3. The lowest BCUT2D eigenvalue weighted by atomic mass is 10.1. The maximum absolute atomic E-state index is 13.5. The normalized spacial score (nSPS) is 14.2. The number of nitrogens with zero attached hydrogens (tertiary/aromatic N) is 1. The molecule has 8 heteroatoms. The van der Waals surface area contributed by atoms with Crippen LogP contribution in [0.15, 0.2) is 71.4 Å². The maximum Gasteiger partial charge on any atom is 0.363 e. The fraction of sp³-hybridized carbons (Fsp3) is 0.120. The molecule has 0 saturated heterocycles. The van der Waals surface area contributed by atoms with Crippen LogP contribution in [0.25, 0.3) is 6.08 Å². The van der Waals surface area contributed by atoms with Crippen LogP contribution >= 0.6 is 23.2 Å². The summed E-state index contributed by atoms with van der Waals surface area (Å²) in [7, 11) is 0. The van der Waals surface area contributed by atoms with E-state index in [1.165, 1.54) is 24.3 Å². The highest BCUT2D eigenvalue weighted by molar-refractivity contribution is 6.32. The molecule has 0 amide bonds. The third-order valence-corrected chi connectivity index (χ3v) is 5.16. The Kier molecular flexibility index (Phi) is 6.96. The highest BCUT2D eigenvalue weighted by Gasteiger charge is 2.25. The predicted octanol–water partition coefficient (Wildman–Crippen LogP) is 6.45. The molecular formula is C25H18Cl2FNO4. The van der Waals surface area contributed by atoms with Gasteiger partial charge in [-0.15, -0.1) is 0 Å². The molecule has 0 aliphatic carbocycles. The smallest absolute Gasteiger partial charge is 0.363 e. The van der Waals surface area contributed by atoms with Crippen LogP contribution in [-0.4, -0.2) is 18.5 Å². The number of ether oxygens (including phenoxy) is 3. The molecule has 4 rings (SSSR count). The van der Waals surface area contributed by atoms with Crippen molar-refractivity contribution < 1.29 is 23.4 Å². The summed E-state index contributed by atoms with van der Waals surface area (Å²) in [6.45, 7) is 2.49. The molecule has 0 bridgehead atoms. The quantitative estimate of drug-likeness (QED) is 0.284. The highest BCUT2D eigenvalue weighted by Crippen LogP contribution is 2.38. The summed E-state index contributed by atoms with van der Waals surface area (Å²) in [5, 5.41) is 0.945. The second-order valence-corrected chi connectivity index (χ2v) is 7.87. The van der Waals surface area contributed by atoms with Gasteiger partial charge in [0.1, 0.15) is 12.4 Å². The Bertz CT molecular complexity index is 1260. The van der Waals surface area contributed by atoms with E-state index in [1.807, 2.05) is 19.1 Å². The molecule has 0 atom stereocenters. The van der Waals surface area contributed by atoms with Gasteiger partial charge in [-0.05, 0) is 66.6 Å². The molecule has 1 aliphatic heterocycles. The van der Waals surface area contributed by atoms with Crippen molar-refractivity contribution in [1.29, 1.82) is 0 Å². The molecule has 0 spiro atoms. The number of carbonyl (C=O) groups excluding carboxylic acids is 1. The maximum atomic E-state index is 13.5.